The van der Waals surface area contributed by atoms with Gasteiger partial charge in [-0.2, -0.15) is 36.9 Å². The monoisotopic (exact) mass is 1110 g/mol. The molecule has 4 N–H and O–H groups in total. The van der Waals surface area contributed by atoms with Gasteiger partial charge in [-0.05, 0) is 70.8 Å². The van der Waals surface area contributed by atoms with Crippen molar-refractivity contribution in [1.29, 1.82) is 10.5 Å². The molecule has 0 aliphatic heterocycles. The van der Waals surface area contributed by atoms with Crippen LogP contribution in [0.3, 0.4) is 0 Å². The third kappa shape index (κ3) is 19.1. The summed E-state index contributed by atoms with van der Waals surface area (Å²) in [6.45, 7) is 4.56. The van der Waals surface area contributed by atoms with Crippen molar-refractivity contribution in [2.75, 3.05) is 13.2 Å². The van der Waals surface area contributed by atoms with Crippen LogP contribution >= 0.6 is 0 Å². The first-order valence-electron chi connectivity index (χ1n) is 24.4. The molecule has 0 spiro atoms. The maximum Gasteiger partial charge on any atom is 0.471 e. The van der Waals surface area contributed by atoms with Gasteiger partial charge < -0.3 is 30.7 Å². The highest BCUT2D eigenvalue weighted by Gasteiger charge is 2.45. The van der Waals surface area contributed by atoms with Crippen LogP contribution in [0.1, 0.15) is 98.6 Å². The van der Waals surface area contributed by atoms with Gasteiger partial charge in [0.05, 0.1) is 63.5 Å². The quantitative estimate of drug-likeness (QED) is 0.0432. The zero-order valence-corrected chi connectivity index (χ0v) is 43.6. The summed E-state index contributed by atoms with van der Waals surface area (Å²) in [5.74, 6) is -6.15. The van der Waals surface area contributed by atoms with Gasteiger partial charge in [0.1, 0.15) is 23.2 Å². The normalized spacial score (nSPS) is 13.4. The molecular formula is C54H56F6N14O6. The summed E-state index contributed by atoms with van der Waals surface area (Å²) in [4.78, 5) is 49.2. The maximum atomic E-state index is 13.1. The SMILES string of the molecule is CC(C)(NC(=O)C(F)(F)F)C(=O)N[C@H](COCc1ccccc1)c1nnnn1C(/C=C/c1ccccc1)CC#N.CC(C)(NC(=O)C(F)(F)F)C(=O)N[C@H](COCc1ccccc1)c1nnnn1C(/C=C/c1ccccc1)CC#N. The third-order valence-electron chi connectivity index (χ3n) is 11.4. The van der Waals surface area contributed by atoms with Crippen molar-refractivity contribution in [2.24, 2.45) is 0 Å². The molecule has 0 saturated heterocycles. The summed E-state index contributed by atoms with van der Waals surface area (Å²) in [6, 6.07) is 37.8. The fraction of sp³-hybridized carbons (Fsp3) is 0.333. The van der Waals surface area contributed by atoms with E-state index in [4.69, 9.17) is 9.47 Å². The Balaban J connectivity index is 0.000000294. The largest absolute Gasteiger partial charge is 0.471 e. The summed E-state index contributed by atoms with van der Waals surface area (Å²) >= 11 is 0. The van der Waals surface area contributed by atoms with Gasteiger partial charge in [0.2, 0.25) is 11.8 Å². The lowest BCUT2D eigenvalue weighted by Crippen LogP contribution is -2.58. The highest BCUT2D eigenvalue weighted by Crippen LogP contribution is 2.25. The first-order chi connectivity index (χ1) is 38.0. The van der Waals surface area contributed by atoms with E-state index in [2.05, 4.69) is 53.8 Å². The second-order valence-corrected chi connectivity index (χ2v) is 18.6. The Morgan fingerprint density at radius 2 is 0.863 bits per heavy atom. The Morgan fingerprint density at radius 1 is 0.537 bits per heavy atom. The van der Waals surface area contributed by atoms with E-state index < -0.39 is 71.2 Å². The van der Waals surface area contributed by atoms with Crippen LogP contribution in [0.2, 0.25) is 0 Å². The lowest BCUT2D eigenvalue weighted by atomic mass is 10.0. The van der Waals surface area contributed by atoms with Gasteiger partial charge in [0.25, 0.3) is 0 Å². The number of ether oxygens (including phenoxy) is 2. The molecule has 0 saturated carbocycles. The van der Waals surface area contributed by atoms with Crippen LogP contribution in [-0.4, -0.2) is 101 Å². The highest BCUT2D eigenvalue weighted by molar-refractivity contribution is 5.93. The number of hydrogen-bond acceptors (Lipinski definition) is 14. The third-order valence-corrected chi connectivity index (χ3v) is 11.4. The van der Waals surface area contributed by atoms with Crippen LogP contribution < -0.4 is 21.3 Å². The Bertz CT molecular complexity index is 2880. The van der Waals surface area contributed by atoms with Gasteiger partial charge in [0.15, 0.2) is 11.6 Å². The zero-order valence-electron chi connectivity index (χ0n) is 43.6. The number of halogens is 6. The number of rotatable bonds is 24. The van der Waals surface area contributed by atoms with E-state index in [9.17, 15) is 56.0 Å². The van der Waals surface area contributed by atoms with Crippen LogP contribution in [0, 0.1) is 22.7 Å². The number of nitrogens with zero attached hydrogens (tertiary/aromatic N) is 10. The maximum absolute atomic E-state index is 13.1. The minimum atomic E-state index is -5.17. The van der Waals surface area contributed by atoms with Crippen LogP contribution in [0.5, 0.6) is 0 Å². The van der Waals surface area contributed by atoms with Crippen molar-refractivity contribution in [3.63, 3.8) is 0 Å². The van der Waals surface area contributed by atoms with Crippen molar-refractivity contribution in [1.82, 2.24) is 61.7 Å². The number of nitriles is 2. The average Bonchev–Trinajstić information content (AvgIpc) is 4.12. The molecule has 4 aromatic carbocycles. The zero-order chi connectivity index (χ0) is 58.4. The van der Waals surface area contributed by atoms with Crippen molar-refractivity contribution in [2.45, 2.75) is 101 Å². The van der Waals surface area contributed by atoms with E-state index in [-0.39, 0.29) is 50.9 Å². The molecule has 4 amide bonds. The molecule has 2 heterocycles. The van der Waals surface area contributed by atoms with Crippen LogP contribution in [-0.2, 0) is 41.9 Å². The van der Waals surface area contributed by atoms with E-state index >= 15 is 0 Å². The molecule has 26 heteroatoms. The van der Waals surface area contributed by atoms with Crippen molar-refractivity contribution in [3.05, 3.63) is 167 Å². The molecule has 420 valence electrons. The van der Waals surface area contributed by atoms with Gasteiger partial charge in [0, 0.05) is 0 Å². The minimum absolute atomic E-state index is 0.0138. The topological polar surface area (TPSA) is 270 Å². The highest BCUT2D eigenvalue weighted by atomic mass is 19.4. The number of benzene rings is 4. The number of alkyl halides is 6. The van der Waals surface area contributed by atoms with Crippen molar-refractivity contribution < 1.29 is 55.0 Å². The molecule has 6 rings (SSSR count). The number of amides is 4. The Labute approximate surface area is 455 Å². The number of aromatic nitrogens is 8. The summed E-state index contributed by atoms with van der Waals surface area (Å²) in [7, 11) is 0. The van der Waals surface area contributed by atoms with Crippen molar-refractivity contribution >= 4 is 35.8 Å². The molecule has 6 aromatic rings. The van der Waals surface area contributed by atoms with Crippen LogP contribution in [0.25, 0.3) is 12.2 Å². The molecule has 2 aromatic heterocycles. The van der Waals surface area contributed by atoms with Gasteiger partial charge in [-0.1, -0.05) is 146 Å². The van der Waals surface area contributed by atoms with E-state index in [0.717, 1.165) is 49.9 Å². The standard InChI is InChI=1S/2C27H28F3N7O3/c2*1-26(2,33-25(39)27(28,29)30)24(38)32-22(18-40-17-20-11-7-4-8-12-20)23-34-35-36-37(23)21(15-16-31)14-13-19-9-5-3-6-10-19/h2*3-14,21-22H,15,17-18H2,1-2H3,(H,32,38)(H,33,39)/b2*14-13+/t2*21?,22-/m11/s1. The fourth-order valence-electron chi connectivity index (χ4n) is 7.16. The van der Waals surface area contributed by atoms with Gasteiger partial charge in [-0.15, -0.1) is 10.2 Å². The molecule has 80 heavy (non-hydrogen) atoms. The fourth-order valence-corrected chi connectivity index (χ4v) is 7.16. The Morgan fingerprint density at radius 3 is 1.18 bits per heavy atom. The first kappa shape index (κ1) is 61.7. The molecular weight excluding hydrogens is 1050 g/mol. The molecule has 0 aliphatic carbocycles. The van der Waals surface area contributed by atoms with E-state index in [0.29, 0.717) is 0 Å². The van der Waals surface area contributed by atoms with Crippen LogP contribution in [0.4, 0.5) is 26.3 Å². The molecule has 4 atom stereocenters. The summed E-state index contributed by atoms with van der Waals surface area (Å²) in [6.07, 6.45) is -3.32. The molecule has 0 aliphatic rings. The first-order valence-corrected chi connectivity index (χ1v) is 24.4. The molecule has 0 fully saturated rings. The second-order valence-electron chi connectivity index (χ2n) is 18.6. The Kier molecular flexibility index (Phi) is 22.4. The lowest BCUT2D eigenvalue weighted by molar-refractivity contribution is -0.176. The van der Waals surface area contributed by atoms with Gasteiger partial charge in [-0.3, -0.25) is 19.2 Å². The van der Waals surface area contributed by atoms with Gasteiger partial charge in [-0.25, -0.2) is 9.36 Å². The number of carbonyl (C=O) groups excluding carboxylic acids is 4. The molecule has 20 nitrogen and oxygen atoms in total. The summed E-state index contributed by atoms with van der Waals surface area (Å²) < 4.78 is 91.3. The summed E-state index contributed by atoms with van der Waals surface area (Å²) in [5.41, 5.74) is -0.448. The predicted octanol–water partition coefficient (Wildman–Crippen LogP) is 7.34. The number of hydrogen-bond donors (Lipinski definition) is 4. The molecule has 2 unspecified atom stereocenters. The number of allylic oxidation sites excluding steroid dienone is 2. The van der Waals surface area contributed by atoms with Crippen molar-refractivity contribution in [3.8, 4) is 12.1 Å². The molecule has 0 bridgehead atoms. The van der Waals surface area contributed by atoms with E-state index in [1.54, 1.807) is 34.9 Å². The van der Waals surface area contributed by atoms with Gasteiger partial charge >= 0.3 is 24.2 Å². The smallest absolute Gasteiger partial charge is 0.374 e. The Hall–Kier alpha value is -9.14. The van der Waals surface area contributed by atoms with E-state index in [1.165, 1.54) is 9.36 Å². The van der Waals surface area contributed by atoms with E-state index in [1.807, 2.05) is 121 Å². The second kappa shape index (κ2) is 29.0. The predicted molar refractivity (Wildman–Crippen MR) is 276 cm³/mol. The van der Waals surface area contributed by atoms with Crippen LogP contribution in [0.15, 0.2) is 133 Å². The molecule has 0 radical (unpaired) electrons. The number of nitrogens with one attached hydrogen (secondary N) is 4. The number of carbonyl (C=O) groups is 4. The average molecular weight is 1110 g/mol. The summed E-state index contributed by atoms with van der Waals surface area (Å²) in [5, 5.41) is 51.0. The minimum Gasteiger partial charge on any atom is -0.374 e. The number of tetrazole rings is 2. The lowest BCUT2D eigenvalue weighted by Gasteiger charge is -2.28.